The smallest absolute Gasteiger partial charge is 0.323 e. The summed E-state index contributed by atoms with van der Waals surface area (Å²) in [6.07, 6.45) is 3.49. The molecule has 0 atom stereocenters. The number of piperazine rings is 1. The summed E-state index contributed by atoms with van der Waals surface area (Å²) in [5.41, 5.74) is 1.71. The zero-order valence-electron chi connectivity index (χ0n) is 13.3. The fraction of sp³-hybridized carbons (Fsp3) is 0.250. The molecule has 130 valence electrons. The van der Waals surface area contributed by atoms with Crippen molar-refractivity contribution in [2.75, 3.05) is 31.1 Å². The Labute approximate surface area is 144 Å². The number of sulfonamides is 1. The zero-order valence-corrected chi connectivity index (χ0v) is 14.2. The van der Waals surface area contributed by atoms with Gasteiger partial charge in [0.05, 0.1) is 27.8 Å². The van der Waals surface area contributed by atoms with Crippen LogP contribution in [0.4, 0.5) is 5.69 Å². The van der Waals surface area contributed by atoms with Crippen molar-refractivity contribution in [3.8, 4) is 0 Å². The van der Waals surface area contributed by atoms with E-state index in [2.05, 4.69) is 19.9 Å². The molecule has 0 amide bonds. The number of benzene rings is 1. The number of nitrogens with zero attached hydrogens (tertiary/aromatic N) is 3. The molecule has 1 aliphatic rings. The normalized spacial score (nSPS) is 16.4. The Kier molecular flexibility index (Phi) is 3.81. The van der Waals surface area contributed by atoms with E-state index in [0.717, 1.165) is 5.69 Å². The van der Waals surface area contributed by atoms with Gasteiger partial charge in [0.25, 0.3) is 0 Å². The third-order valence-corrected chi connectivity index (χ3v) is 6.27. The molecule has 9 heteroatoms. The Hall–Kier alpha value is -2.65. The van der Waals surface area contributed by atoms with Gasteiger partial charge < -0.3 is 14.9 Å². The summed E-state index contributed by atoms with van der Waals surface area (Å²) in [5.74, 6) is 0. The van der Waals surface area contributed by atoms with Crippen LogP contribution in [-0.2, 0) is 10.0 Å². The molecule has 0 radical (unpaired) electrons. The van der Waals surface area contributed by atoms with Gasteiger partial charge in [0, 0.05) is 32.4 Å². The van der Waals surface area contributed by atoms with Crippen molar-refractivity contribution in [2.45, 2.75) is 4.90 Å². The number of aromatic nitrogens is 3. The number of H-pyrrole nitrogens is 2. The average Bonchev–Trinajstić information content (AvgIpc) is 3.02. The minimum Gasteiger partial charge on any atom is -0.368 e. The number of imidazole rings is 1. The SMILES string of the molecule is O=c1[nH]c2ccc(S(=O)(=O)N3CCN(c4cccnc4)CC3)cc2[nH]1. The van der Waals surface area contributed by atoms with Gasteiger partial charge in [-0.1, -0.05) is 0 Å². The molecule has 2 N–H and O–H groups in total. The summed E-state index contributed by atoms with van der Waals surface area (Å²) in [6, 6.07) is 8.45. The molecular weight excluding hydrogens is 342 g/mol. The van der Waals surface area contributed by atoms with Crippen LogP contribution in [0.3, 0.4) is 0 Å². The van der Waals surface area contributed by atoms with Crippen molar-refractivity contribution in [3.05, 3.63) is 53.2 Å². The van der Waals surface area contributed by atoms with Crippen LogP contribution in [0.1, 0.15) is 0 Å². The van der Waals surface area contributed by atoms with Crippen LogP contribution in [0.15, 0.2) is 52.4 Å². The van der Waals surface area contributed by atoms with E-state index < -0.39 is 10.0 Å². The quantitative estimate of drug-likeness (QED) is 0.719. The molecule has 8 nitrogen and oxygen atoms in total. The van der Waals surface area contributed by atoms with Gasteiger partial charge in [-0.3, -0.25) is 4.98 Å². The maximum atomic E-state index is 12.9. The molecule has 0 aliphatic carbocycles. The molecule has 1 aromatic carbocycles. The molecule has 4 rings (SSSR count). The molecule has 1 fully saturated rings. The van der Waals surface area contributed by atoms with Crippen molar-refractivity contribution >= 4 is 26.7 Å². The lowest BCUT2D eigenvalue weighted by Crippen LogP contribution is -2.48. The lowest BCUT2D eigenvalue weighted by Gasteiger charge is -2.35. The van der Waals surface area contributed by atoms with Crippen molar-refractivity contribution in [1.29, 1.82) is 0 Å². The molecule has 0 bridgehead atoms. The van der Waals surface area contributed by atoms with Crippen molar-refractivity contribution in [3.63, 3.8) is 0 Å². The molecule has 3 heterocycles. The number of aromatic amines is 2. The van der Waals surface area contributed by atoms with E-state index in [4.69, 9.17) is 0 Å². The van der Waals surface area contributed by atoms with E-state index in [-0.39, 0.29) is 10.6 Å². The summed E-state index contributed by atoms with van der Waals surface area (Å²) in [4.78, 5) is 22.9. The summed E-state index contributed by atoms with van der Waals surface area (Å²) < 4.78 is 27.2. The van der Waals surface area contributed by atoms with Crippen molar-refractivity contribution < 1.29 is 8.42 Å². The fourth-order valence-corrected chi connectivity index (χ4v) is 4.50. The Balaban J connectivity index is 1.55. The number of anilines is 1. The third-order valence-electron chi connectivity index (χ3n) is 4.37. The first-order valence-electron chi connectivity index (χ1n) is 7.91. The third kappa shape index (κ3) is 2.92. The van der Waals surface area contributed by atoms with Crippen LogP contribution < -0.4 is 10.6 Å². The maximum Gasteiger partial charge on any atom is 0.323 e. The number of rotatable bonds is 3. The lowest BCUT2D eigenvalue weighted by atomic mass is 10.3. The van der Waals surface area contributed by atoms with E-state index in [9.17, 15) is 13.2 Å². The van der Waals surface area contributed by atoms with Gasteiger partial charge in [-0.15, -0.1) is 0 Å². The topological polar surface area (TPSA) is 102 Å². The highest BCUT2D eigenvalue weighted by molar-refractivity contribution is 7.89. The van der Waals surface area contributed by atoms with Gasteiger partial charge in [0.1, 0.15) is 0 Å². The van der Waals surface area contributed by atoms with Crippen molar-refractivity contribution in [1.82, 2.24) is 19.3 Å². The van der Waals surface area contributed by atoms with Gasteiger partial charge >= 0.3 is 5.69 Å². The van der Waals surface area contributed by atoms with Gasteiger partial charge in [0.2, 0.25) is 10.0 Å². The molecule has 0 spiro atoms. The highest BCUT2D eigenvalue weighted by Gasteiger charge is 2.28. The Morgan fingerprint density at radius 2 is 1.76 bits per heavy atom. The van der Waals surface area contributed by atoms with Gasteiger partial charge in [-0.25, -0.2) is 13.2 Å². The van der Waals surface area contributed by atoms with Crippen LogP contribution >= 0.6 is 0 Å². The standard InChI is InChI=1S/C16H17N5O3S/c22-16-18-14-4-3-13(10-15(14)19-16)25(23,24)21-8-6-20(7-9-21)12-2-1-5-17-11-12/h1-5,10-11H,6-9H2,(H2,18,19,22). The second-order valence-corrected chi connectivity index (χ2v) is 7.83. The molecule has 1 aliphatic heterocycles. The van der Waals surface area contributed by atoms with Crippen LogP contribution in [0.2, 0.25) is 0 Å². The zero-order chi connectivity index (χ0) is 17.4. The van der Waals surface area contributed by atoms with Gasteiger partial charge in [-0.05, 0) is 30.3 Å². The average molecular weight is 359 g/mol. The minimum absolute atomic E-state index is 0.185. The molecule has 2 aromatic heterocycles. The van der Waals surface area contributed by atoms with Crippen LogP contribution in [0, 0.1) is 0 Å². The van der Waals surface area contributed by atoms with E-state index in [1.54, 1.807) is 18.5 Å². The van der Waals surface area contributed by atoms with Gasteiger partial charge in [0.15, 0.2) is 0 Å². The molecule has 1 saturated heterocycles. The first-order chi connectivity index (χ1) is 12.0. The molecule has 0 saturated carbocycles. The number of nitrogens with one attached hydrogen (secondary N) is 2. The lowest BCUT2D eigenvalue weighted by molar-refractivity contribution is 0.385. The van der Waals surface area contributed by atoms with Crippen LogP contribution in [0.5, 0.6) is 0 Å². The largest absolute Gasteiger partial charge is 0.368 e. The van der Waals surface area contributed by atoms with E-state index >= 15 is 0 Å². The van der Waals surface area contributed by atoms with E-state index in [0.29, 0.717) is 37.2 Å². The fourth-order valence-electron chi connectivity index (χ4n) is 3.05. The number of hydrogen-bond acceptors (Lipinski definition) is 5. The minimum atomic E-state index is -3.59. The number of pyridine rings is 1. The number of hydrogen-bond donors (Lipinski definition) is 2. The maximum absolute atomic E-state index is 12.9. The van der Waals surface area contributed by atoms with Gasteiger partial charge in [-0.2, -0.15) is 4.31 Å². The molecule has 3 aromatic rings. The Bertz CT molecular complexity index is 1050. The predicted molar refractivity (Wildman–Crippen MR) is 94.1 cm³/mol. The summed E-state index contributed by atoms with van der Waals surface area (Å²) in [7, 11) is -3.59. The summed E-state index contributed by atoms with van der Waals surface area (Å²) in [6.45, 7) is 2.01. The molecule has 0 unspecified atom stereocenters. The first-order valence-corrected chi connectivity index (χ1v) is 9.35. The summed E-state index contributed by atoms with van der Waals surface area (Å²) in [5, 5.41) is 0. The second-order valence-electron chi connectivity index (χ2n) is 5.89. The van der Waals surface area contributed by atoms with E-state index in [1.165, 1.54) is 16.4 Å². The number of fused-ring (bicyclic) bond motifs is 1. The Morgan fingerprint density at radius 3 is 2.48 bits per heavy atom. The Morgan fingerprint density at radius 1 is 1.00 bits per heavy atom. The highest BCUT2D eigenvalue weighted by atomic mass is 32.2. The highest BCUT2D eigenvalue weighted by Crippen LogP contribution is 2.22. The summed E-state index contributed by atoms with van der Waals surface area (Å²) >= 11 is 0. The molecule has 25 heavy (non-hydrogen) atoms. The first kappa shape index (κ1) is 15.9. The predicted octanol–water partition coefficient (Wildman–Crippen LogP) is 0.762. The molecular formula is C16H17N5O3S. The second kappa shape index (κ2) is 6.01. The van der Waals surface area contributed by atoms with E-state index in [1.807, 2.05) is 12.1 Å². The van der Waals surface area contributed by atoms with Crippen molar-refractivity contribution in [2.24, 2.45) is 0 Å². The van der Waals surface area contributed by atoms with Crippen LogP contribution in [0.25, 0.3) is 11.0 Å². The van der Waals surface area contributed by atoms with Crippen LogP contribution in [-0.4, -0.2) is 53.9 Å². The monoisotopic (exact) mass is 359 g/mol.